The maximum Gasteiger partial charge on any atom is 0.246 e. The Morgan fingerprint density at radius 1 is 1.18 bits per heavy atom. The predicted molar refractivity (Wildman–Crippen MR) is 127 cm³/mol. The summed E-state index contributed by atoms with van der Waals surface area (Å²) in [6.07, 6.45) is 1.18. The van der Waals surface area contributed by atoms with Crippen molar-refractivity contribution in [2.75, 3.05) is 13.7 Å². The number of rotatable bonds is 8. The Morgan fingerprint density at radius 2 is 1.94 bits per heavy atom. The van der Waals surface area contributed by atoms with E-state index in [0.717, 1.165) is 27.7 Å². The standard InChI is InChI=1S/C26H26FN3O4/c1-16-11-23-19(14-28-30(23)21-9-7-20(27)8-10-21)13-24(16)34-26(17(2)29-25(32)15-31)18-5-4-6-22(12-18)33-3/h4-14,17,26,31H,15H2,1-3H3,(H,29,32)/t17?,26-/m0/s1. The van der Waals surface area contributed by atoms with Crippen LogP contribution in [0.5, 0.6) is 11.5 Å². The highest BCUT2D eigenvalue weighted by Crippen LogP contribution is 2.33. The molecule has 0 radical (unpaired) electrons. The molecule has 3 aromatic carbocycles. The number of aromatic nitrogens is 2. The molecule has 1 amide bonds. The Labute approximate surface area is 196 Å². The highest BCUT2D eigenvalue weighted by atomic mass is 19.1. The summed E-state index contributed by atoms with van der Waals surface area (Å²) in [4.78, 5) is 11.9. The van der Waals surface area contributed by atoms with Crippen LogP contribution in [-0.2, 0) is 4.79 Å². The summed E-state index contributed by atoms with van der Waals surface area (Å²) in [6, 6.07) is 17.0. The highest BCUT2D eigenvalue weighted by Gasteiger charge is 2.24. The van der Waals surface area contributed by atoms with Crippen molar-refractivity contribution in [1.29, 1.82) is 0 Å². The van der Waals surface area contributed by atoms with Gasteiger partial charge in [-0.15, -0.1) is 0 Å². The van der Waals surface area contributed by atoms with E-state index in [-0.39, 0.29) is 5.82 Å². The van der Waals surface area contributed by atoms with Crippen LogP contribution in [0.4, 0.5) is 4.39 Å². The molecule has 1 aromatic heterocycles. The van der Waals surface area contributed by atoms with Crippen molar-refractivity contribution in [3.05, 3.63) is 83.8 Å². The number of aryl methyl sites for hydroxylation is 1. The lowest BCUT2D eigenvalue weighted by molar-refractivity contribution is -0.125. The van der Waals surface area contributed by atoms with Crippen molar-refractivity contribution in [2.24, 2.45) is 0 Å². The number of aliphatic hydroxyl groups is 1. The van der Waals surface area contributed by atoms with E-state index in [1.54, 1.807) is 30.1 Å². The van der Waals surface area contributed by atoms with Gasteiger partial charge in [-0.05, 0) is 73.5 Å². The van der Waals surface area contributed by atoms with Crippen LogP contribution in [0.25, 0.3) is 16.6 Å². The summed E-state index contributed by atoms with van der Waals surface area (Å²) in [7, 11) is 1.59. The first kappa shape index (κ1) is 23.3. The number of halogens is 1. The fraction of sp³-hybridized carbons (Fsp3) is 0.231. The molecule has 0 fully saturated rings. The fourth-order valence-electron chi connectivity index (χ4n) is 3.86. The van der Waals surface area contributed by atoms with Crippen molar-refractivity contribution >= 4 is 16.8 Å². The Bertz CT molecular complexity index is 1300. The molecule has 7 nitrogen and oxygen atoms in total. The SMILES string of the molecule is COc1cccc([C@@H](Oc2cc3cnn(-c4ccc(F)cc4)c3cc2C)C(C)NC(=O)CO)c1. The summed E-state index contributed by atoms with van der Waals surface area (Å²) in [5.41, 5.74) is 3.28. The highest BCUT2D eigenvalue weighted by molar-refractivity contribution is 5.83. The number of nitrogens with one attached hydrogen (secondary N) is 1. The molecule has 34 heavy (non-hydrogen) atoms. The Morgan fingerprint density at radius 3 is 2.65 bits per heavy atom. The average Bonchev–Trinajstić information content (AvgIpc) is 3.25. The third kappa shape index (κ3) is 4.87. The zero-order valence-corrected chi connectivity index (χ0v) is 19.2. The molecule has 0 spiro atoms. The van der Waals surface area contributed by atoms with Gasteiger partial charge in [-0.25, -0.2) is 9.07 Å². The Kier molecular flexibility index (Phi) is 6.79. The maximum absolute atomic E-state index is 13.3. The molecule has 0 saturated heterocycles. The lowest BCUT2D eigenvalue weighted by Gasteiger charge is -2.27. The van der Waals surface area contributed by atoms with Crippen molar-refractivity contribution in [1.82, 2.24) is 15.1 Å². The van der Waals surface area contributed by atoms with E-state index in [9.17, 15) is 14.3 Å². The zero-order chi connectivity index (χ0) is 24.2. The largest absolute Gasteiger partial charge is 0.497 e. The number of hydrogen-bond acceptors (Lipinski definition) is 5. The van der Waals surface area contributed by atoms with Gasteiger partial charge in [0.1, 0.15) is 30.0 Å². The van der Waals surface area contributed by atoms with Gasteiger partial charge < -0.3 is 19.9 Å². The number of methoxy groups -OCH3 is 1. The predicted octanol–water partition coefficient (Wildman–Crippen LogP) is 4.10. The van der Waals surface area contributed by atoms with Crippen LogP contribution in [0.1, 0.15) is 24.2 Å². The molecule has 0 bridgehead atoms. The van der Waals surface area contributed by atoms with Gasteiger partial charge in [0.05, 0.1) is 30.6 Å². The zero-order valence-electron chi connectivity index (χ0n) is 19.2. The Hall–Kier alpha value is -3.91. The van der Waals surface area contributed by atoms with Gasteiger partial charge in [0, 0.05) is 5.39 Å². The van der Waals surface area contributed by atoms with Crippen LogP contribution in [0.2, 0.25) is 0 Å². The van der Waals surface area contributed by atoms with Crippen molar-refractivity contribution in [2.45, 2.75) is 26.0 Å². The van der Waals surface area contributed by atoms with Gasteiger partial charge in [0.2, 0.25) is 5.91 Å². The molecule has 1 heterocycles. The van der Waals surface area contributed by atoms with E-state index in [1.165, 1.54) is 12.1 Å². The second kappa shape index (κ2) is 9.93. The lowest BCUT2D eigenvalue weighted by atomic mass is 10.0. The number of ether oxygens (including phenoxy) is 2. The summed E-state index contributed by atoms with van der Waals surface area (Å²) in [5, 5.41) is 17.3. The quantitative estimate of drug-likeness (QED) is 0.411. The van der Waals surface area contributed by atoms with Gasteiger partial charge in [-0.2, -0.15) is 5.10 Å². The molecule has 176 valence electrons. The minimum Gasteiger partial charge on any atom is -0.497 e. The third-order valence-electron chi connectivity index (χ3n) is 5.60. The lowest BCUT2D eigenvalue weighted by Crippen LogP contribution is -2.40. The van der Waals surface area contributed by atoms with E-state index in [2.05, 4.69) is 10.4 Å². The number of carbonyl (C=O) groups excluding carboxylic acids is 1. The Balaban J connectivity index is 1.70. The van der Waals surface area contributed by atoms with E-state index in [1.807, 2.05) is 50.2 Å². The molecule has 8 heteroatoms. The van der Waals surface area contributed by atoms with Crippen LogP contribution in [-0.4, -0.2) is 40.6 Å². The second-order valence-corrected chi connectivity index (χ2v) is 8.04. The number of nitrogens with zero attached hydrogens (tertiary/aromatic N) is 2. The van der Waals surface area contributed by atoms with Crippen LogP contribution in [0, 0.1) is 12.7 Å². The number of hydrogen-bond donors (Lipinski definition) is 2. The molecule has 0 aliphatic rings. The molecule has 0 aliphatic heterocycles. The van der Waals surface area contributed by atoms with Gasteiger partial charge in [-0.1, -0.05) is 12.1 Å². The van der Waals surface area contributed by atoms with Crippen molar-refractivity contribution in [3.8, 4) is 17.2 Å². The van der Waals surface area contributed by atoms with Crippen LogP contribution >= 0.6 is 0 Å². The third-order valence-corrected chi connectivity index (χ3v) is 5.60. The van der Waals surface area contributed by atoms with E-state index in [4.69, 9.17) is 9.47 Å². The molecule has 4 rings (SSSR count). The number of aliphatic hydroxyl groups excluding tert-OH is 1. The van der Waals surface area contributed by atoms with Crippen molar-refractivity contribution in [3.63, 3.8) is 0 Å². The first-order valence-electron chi connectivity index (χ1n) is 10.8. The summed E-state index contributed by atoms with van der Waals surface area (Å²) >= 11 is 0. The van der Waals surface area contributed by atoms with Gasteiger partial charge in [-0.3, -0.25) is 4.79 Å². The molecule has 2 N–H and O–H groups in total. The second-order valence-electron chi connectivity index (χ2n) is 8.04. The van der Waals surface area contributed by atoms with Crippen LogP contribution in [0.15, 0.2) is 66.9 Å². The van der Waals surface area contributed by atoms with Gasteiger partial charge in [0.25, 0.3) is 0 Å². The fourth-order valence-corrected chi connectivity index (χ4v) is 3.86. The summed E-state index contributed by atoms with van der Waals surface area (Å²) in [6.45, 7) is 3.14. The minimum absolute atomic E-state index is 0.307. The monoisotopic (exact) mass is 463 g/mol. The number of fused-ring (bicyclic) bond motifs is 1. The number of carbonyl (C=O) groups is 1. The van der Waals surface area contributed by atoms with Gasteiger partial charge >= 0.3 is 0 Å². The van der Waals surface area contributed by atoms with Crippen LogP contribution < -0.4 is 14.8 Å². The topological polar surface area (TPSA) is 85.6 Å². The normalized spacial score (nSPS) is 12.9. The molecule has 2 atom stereocenters. The molecular weight excluding hydrogens is 437 g/mol. The van der Waals surface area contributed by atoms with E-state index >= 15 is 0 Å². The number of benzene rings is 3. The maximum atomic E-state index is 13.3. The molecular formula is C26H26FN3O4. The summed E-state index contributed by atoms with van der Waals surface area (Å²) < 4.78 is 26.9. The smallest absolute Gasteiger partial charge is 0.246 e. The molecule has 0 aliphatic carbocycles. The molecule has 1 unspecified atom stereocenters. The minimum atomic E-state index is -0.608. The van der Waals surface area contributed by atoms with Gasteiger partial charge in [0.15, 0.2) is 0 Å². The average molecular weight is 464 g/mol. The molecule has 4 aromatic rings. The van der Waals surface area contributed by atoms with E-state index in [0.29, 0.717) is 11.5 Å². The van der Waals surface area contributed by atoms with Crippen molar-refractivity contribution < 1.29 is 23.8 Å². The molecule has 0 saturated carbocycles. The first-order valence-corrected chi connectivity index (χ1v) is 10.8. The summed E-state index contributed by atoms with van der Waals surface area (Å²) in [5.74, 6) is 0.499. The van der Waals surface area contributed by atoms with Crippen LogP contribution in [0.3, 0.4) is 0 Å². The number of amides is 1. The van der Waals surface area contributed by atoms with E-state index < -0.39 is 24.7 Å². The first-order chi connectivity index (χ1) is 16.4.